The van der Waals surface area contributed by atoms with Gasteiger partial charge in [0.05, 0.1) is 6.04 Å². The van der Waals surface area contributed by atoms with E-state index in [0.717, 1.165) is 5.56 Å². The van der Waals surface area contributed by atoms with Gasteiger partial charge in [0.15, 0.2) is 5.78 Å². The lowest BCUT2D eigenvalue weighted by molar-refractivity contribution is -0.124. The van der Waals surface area contributed by atoms with Crippen LogP contribution >= 0.6 is 0 Å². The number of amides is 1. The van der Waals surface area contributed by atoms with E-state index in [-0.39, 0.29) is 17.7 Å². The molecule has 1 aliphatic rings. The van der Waals surface area contributed by atoms with Crippen molar-refractivity contribution in [2.75, 3.05) is 0 Å². The fourth-order valence-corrected chi connectivity index (χ4v) is 1.78. The summed E-state index contributed by atoms with van der Waals surface area (Å²) in [5.41, 5.74) is 1.00. The molecule has 3 nitrogen and oxygen atoms in total. The summed E-state index contributed by atoms with van der Waals surface area (Å²) in [5.74, 6) is 0.0912. The van der Waals surface area contributed by atoms with E-state index in [1.54, 1.807) is 0 Å². The molecule has 0 spiro atoms. The van der Waals surface area contributed by atoms with Crippen molar-refractivity contribution in [3.8, 4) is 0 Å². The Labute approximate surface area is 88.5 Å². The van der Waals surface area contributed by atoms with Gasteiger partial charge >= 0.3 is 0 Å². The van der Waals surface area contributed by atoms with Crippen molar-refractivity contribution in [1.82, 2.24) is 5.32 Å². The van der Waals surface area contributed by atoms with E-state index in [9.17, 15) is 9.59 Å². The van der Waals surface area contributed by atoms with E-state index < -0.39 is 0 Å². The van der Waals surface area contributed by atoms with E-state index in [1.165, 1.54) is 0 Å². The minimum atomic E-state index is -0.266. The number of hydrogen-bond acceptors (Lipinski definition) is 2. The van der Waals surface area contributed by atoms with Crippen molar-refractivity contribution < 1.29 is 9.59 Å². The van der Waals surface area contributed by atoms with Crippen molar-refractivity contribution in [3.05, 3.63) is 35.9 Å². The SMILES string of the molecule is O=C1CC[C@H](C(=O)Cc2ccccc2)N1. The molecule has 3 heteroatoms. The summed E-state index contributed by atoms with van der Waals surface area (Å²) in [5, 5.41) is 2.69. The first-order chi connectivity index (χ1) is 7.25. The molecule has 0 saturated carbocycles. The molecule has 2 rings (SSSR count). The lowest BCUT2D eigenvalue weighted by atomic mass is 10.0. The van der Waals surface area contributed by atoms with Crippen LogP contribution in [0.2, 0.25) is 0 Å². The van der Waals surface area contributed by atoms with Gasteiger partial charge in [0, 0.05) is 12.8 Å². The zero-order valence-electron chi connectivity index (χ0n) is 8.40. The third-order valence-electron chi connectivity index (χ3n) is 2.61. The number of carbonyl (C=O) groups is 2. The van der Waals surface area contributed by atoms with Crippen LogP contribution in [0.15, 0.2) is 30.3 Å². The van der Waals surface area contributed by atoms with Gasteiger partial charge in [-0.25, -0.2) is 0 Å². The van der Waals surface area contributed by atoms with Gasteiger partial charge in [-0.05, 0) is 12.0 Å². The summed E-state index contributed by atoms with van der Waals surface area (Å²) in [4.78, 5) is 22.7. The molecule has 1 amide bonds. The Kier molecular flexibility index (Phi) is 2.81. The third kappa shape index (κ3) is 2.43. The number of ketones is 1. The Balaban J connectivity index is 1.96. The molecule has 0 bridgehead atoms. The summed E-state index contributed by atoms with van der Waals surface area (Å²) in [7, 11) is 0. The standard InChI is InChI=1S/C12H13NO2/c14-11(10-6-7-12(15)13-10)8-9-4-2-1-3-5-9/h1-5,10H,6-8H2,(H,13,15)/t10-/m1/s1. The van der Waals surface area contributed by atoms with Crippen molar-refractivity contribution in [3.63, 3.8) is 0 Å². The van der Waals surface area contributed by atoms with Crippen molar-refractivity contribution in [2.45, 2.75) is 25.3 Å². The Hall–Kier alpha value is -1.64. The second kappa shape index (κ2) is 4.26. The topological polar surface area (TPSA) is 46.2 Å². The average Bonchev–Trinajstić information content (AvgIpc) is 2.66. The van der Waals surface area contributed by atoms with E-state index >= 15 is 0 Å². The molecule has 0 unspecified atom stereocenters. The lowest BCUT2D eigenvalue weighted by Crippen LogP contribution is -2.34. The van der Waals surface area contributed by atoms with Crippen LogP contribution in [0, 0.1) is 0 Å². The van der Waals surface area contributed by atoms with Crippen LogP contribution in [0.4, 0.5) is 0 Å². The maximum Gasteiger partial charge on any atom is 0.220 e. The molecule has 0 aromatic heterocycles. The van der Waals surface area contributed by atoms with Crippen molar-refractivity contribution in [1.29, 1.82) is 0 Å². The van der Waals surface area contributed by atoms with E-state index in [2.05, 4.69) is 5.32 Å². The maximum atomic E-state index is 11.7. The molecule has 0 aliphatic carbocycles. The van der Waals surface area contributed by atoms with Crippen LogP contribution in [-0.2, 0) is 16.0 Å². The number of hydrogen-bond donors (Lipinski definition) is 1. The molecule has 1 heterocycles. The summed E-state index contributed by atoms with van der Waals surface area (Å²) in [6.07, 6.45) is 1.53. The lowest BCUT2D eigenvalue weighted by Gasteiger charge is -2.08. The van der Waals surface area contributed by atoms with Crippen LogP contribution in [0.5, 0.6) is 0 Å². The highest BCUT2D eigenvalue weighted by Crippen LogP contribution is 2.10. The average molecular weight is 203 g/mol. The molecule has 1 atom stereocenters. The van der Waals surface area contributed by atoms with Gasteiger partial charge in [0.25, 0.3) is 0 Å². The zero-order valence-corrected chi connectivity index (χ0v) is 8.40. The van der Waals surface area contributed by atoms with Crippen LogP contribution in [0.1, 0.15) is 18.4 Å². The van der Waals surface area contributed by atoms with Crippen LogP contribution in [0.25, 0.3) is 0 Å². The third-order valence-corrected chi connectivity index (χ3v) is 2.61. The highest BCUT2D eigenvalue weighted by Gasteiger charge is 2.26. The predicted molar refractivity (Wildman–Crippen MR) is 56.3 cm³/mol. The van der Waals surface area contributed by atoms with Gasteiger partial charge in [0.2, 0.25) is 5.91 Å². The number of Topliss-reactive ketones (excluding diaryl/α,β-unsaturated/α-hetero) is 1. The highest BCUT2D eigenvalue weighted by atomic mass is 16.2. The fourth-order valence-electron chi connectivity index (χ4n) is 1.78. The van der Waals surface area contributed by atoms with Gasteiger partial charge in [-0.1, -0.05) is 30.3 Å². The molecule has 1 fully saturated rings. The molecule has 1 aliphatic heterocycles. The van der Waals surface area contributed by atoms with Crippen molar-refractivity contribution >= 4 is 11.7 Å². The minimum Gasteiger partial charge on any atom is -0.346 e. The minimum absolute atomic E-state index is 0.0126. The summed E-state index contributed by atoms with van der Waals surface area (Å²) in [6.45, 7) is 0. The smallest absolute Gasteiger partial charge is 0.220 e. The number of carbonyl (C=O) groups excluding carboxylic acids is 2. The van der Waals surface area contributed by atoms with Crippen molar-refractivity contribution in [2.24, 2.45) is 0 Å². The predicted octanol–water partition coefficient (Wildman–Crippen LogP) is 1.08. The molecular weight excluding hydrogens is 190 g/mol. The Morgan fingerprint density at radius 1 is 1.33 bits per heavy atom. The first-order valence-corrected chi connectivity index (χ1v) is 5.12. The molecular formula is C12H13NO2. The zero-order chi connectivity index (χ0) is 10.7. The van der Waals surface area contributed by atoms with Gasteiger partial charge in [-0.3, -0.25) is 9.59 Å². The van der Waals surface area contributed by atoms with E-state index in [0.29, 0.717) is 19.3 Å². The first-order valence-electron chi connectivity index (χ1n) is 5.12. The summed E-state index contributed by atoms with van der Waals surface area (Å²) < 4.78 is 0. The maximum absolute atomic E-state index is 11.7. The molecule has 1 aromatic rings. The van der Waals surface area contributed by atoms with E-state index in [1.807, 2.05) is 30.3 Å². The molecule has 1 N–H and O–H groups in total. The molecule has 1 saturated heterocycles. The second-order valence-electron chi connectivity index (χ2n) is 3.79. The van der Waals surface area contributed by atoms with Gasteiger partial charge in [0.1, 0.15) is 0 Å². The van der Waals surface area contributed by atoms with Crippen LogP contribution < -0.4 is 5.32 Å². The Bertz CT molecular complexity index is 372. The van der Waals surface area contributed by atoms with Crippen LogP contribution in [0.3, 0.4) is 0 Å². The second-order valence-corrected chi connectivity index (χ2v) is 3.79. The summed E-state index contributed by atoms with van der Waals surface area (Å²) >= 11 is 0. The van der Waals surface area contributed by atoms with Gasteiger partial charge in [-0.15, -0.1) is 0 Å². The van der Waals surface area contributed by atoms with Crippen LogP contribution in [-0.4, -0.2) is 17.7 Å². The fraction of sp³-hybridized carbons (Fsp3) is 0.333. The monoisotopic (exact) mass is 203 g/mol. The number of nitrogens with one attached hydrogen (secondary N) is 1. The number of benzene rings is 1. The highest BCUT2D eigenvalue weighted by molar-refractivity contribution is 5.93. The molecule has 0 radical (unpaired) electrons. The molecule has 78 valence electrons. The van der Waals surface area contributed by atoms with Gasteiger partial charge < -0.3 is 5.32 Å². The quantitative estimate of drug-likeness (QED) is 0.799. The molecule has 1 aromatic carbocycles. The first kappa shape index (κ1) is 9.90. The Morgan fingerprint density at radius 2 is 2.07 bits per heavy atom. The largest absolute Gasteiger partial charge is 0.346 e. The summed E-state index contributed by atoms with van der Waals surface area (Å²) in [6, 6.07) is 9.33. The van der Waals surface area contributed by atoms with Gasteiger partial charge in [-0.2, -0.15) is 0 Å². The van der Waals surface area contributed by atoms with E-state index in [4.69, 9.17) is 0 Å². The number of rotatable bonds is 3. The Morgan fingerprint density at radius 3 is 2.67 bits per heavy atom. The molecule has 15 heavy (non-hydrogen) atoms. The normalized spacial score (nSPS) is 20.0.